The van der Waals surface area contributed by atoms with Crippen LogP contribution in [0.3, 0.4) is 0 Å². The lowest BCUT2D eigenvalue weighted by molar-refractivity contribution is -0.137. The largest absolute Gasteiger partial charge is 0.466 e. The lowest BCUT2D eigenvalue weighted by Crippen LogP contribution is -2.17. The normalized spacial score (nSPS) is 12.3. The fourth-order valence-corrected chi connectivity index (χ4v) is 0.715. The van der Waals surface area contributed by atoms with E-state index in [0.29, 0.717) is 6.42 Å². The molecule has 1 unspecified atom stereocenters. The molecule has 0 heterocycles. The molecule has 0 aliphatic heterocycles. The van der Waals surface area contributed by atoms with Crippen molar-refractivity contribution in [1.29, 1.82) is 0 Å². The third-order valence-corrected chi connectivity index (χ3v) is 1.41. The summed E-state index contributed by atoms with van der Waals surface area (Å²) < 4.78 is 4.38. The Kier molecular flexibility index (Phi) is 4.54. The second-order valence-corrected chi connectivity index (χ2v) is 2.32. The summed E-state index contributed by atoms with van der Waals surface area (Å²) in [6.07, 6.45) is 0.609. The van der Waals surface area contributed by atoms with E-state index in [2.05, 4.69) is 11.3 Å². The fraction of sp³-hybridized carbons (Fsp3) is 0.625. The summed E-state index contributed by atoms with van der Waals surface area (Å²) in [4.78, 5) is 10.7. The number of aliphatic hydroxyl groups excluding tert-OH is 1. The van der Waals surface area contributed by atoms with Crippen molar-refractivity contribution < 1.29 is 14.6 Å². The smallest absolute Gasteiger partial charge is 0.335 e. The van der Waals surface area contributed by atoms with E-state index in [0.717, 1.165) is 6.42 Å². The van der Waals surface area contributed by atoms with Gasteiger partial charge in [-0.1, -0.05) is 19.9 Å². The first kappa shape index (κ1) is 10.2. The van der Waals surface area contributed by atoms with E-state index in [-0.39, 0.29) is 5.57 Å². The maximum atomic E-state index is 10.7. The number of ether oxygens (including phenoxy) is 1. The zero-order chi connectivity index (χ0) is 8.85. The first-order chi connectivity index (χ1) is 5.13. The van der Waals surface area contributed by atoms with Crippen molar-refractivity contribution in [1.82, 2.24) is 0 Å². The lowest BCUT2D eigenvalue weighted by Gasteiger charge is -2.09. The molecule has 0 rings (SSSR count). The van der Waals surface area contributed by atoms with Crippen molar-refractivity contribution in [3.05, 3.63) is 12.2 Å². The molecule has 0 bridgehead atoms. The first-order valence-electron chi connectivity index (χ1n) is 3.58. The molecule has 11 heavy (non-hydrogen) atoms. The molecular formula is C8H14O3. The van der Waals surface area contributed by atoms with E-state index in [9.17, 15) is 9.90 Å². The van der Waals surface area contributed by atoms with E-state index in [1.165, 1.54) is 7.11 Å². The summed E-state index contributed by atoms with van der Waals surface area (Å²) >= 11 is 0. The van der Waals surface area contributed by atoms with Gasteiger partial charge in [0, 0.05) is 0 Å². The Hall–Kier alpha value is -0.830. The van der Waals surface area contributed by atoms with Crippen molar-refractivity contribution in [2.24, 2.45) is 0 Å². The molecule has 3 nitrogen and oxygen atoms in total. The molecule has 0 aliphatic rings. The predicted octanol–water partition coefficient (Wildman–Crippen LogP) is 0.877. The molecule has 3 heteroatoms. The molecule has 0 saturated carbocycles. The SMILES string of the molecule is C=C(C(=O)OC)C(O)CCC. The number of hydrogen-bond acceptors (Lipinski definition) is 3. The van der Waals surface area contributed by atoms with Crippen LogP contribution in [0.15, 0.2) is 12.2 Å². The van der Waals surface area contributed by atoms with Gasteiger partial charge in [0.25, 0.3) is 0 Å². The van der Waals surface area contributed by atoms with E-state index in [1.54, 1.807) is 0 Å². The summed E-state index contributed by atoms with van der Waals surface area (Å²) in [7, 11) is 1.27. The Labute approximate surface area is 66.7 Å². The molecule has 0 aromatic carbocycles. The van der Waals surface area contributed by atoms with Crippen LogP contribution in [0.25, 0.3) is 0 Å². The Morgan fingerprint density at radius 1 is 1.73 bits per heavy atom. The van der Waals surface area contributed by atoms with Gasteiger partial charge < -0.3 is 9.84 Å². The highest BCUT2D eigenvalue weighted by molar-refractivity contribution is 5.88. The van der Waals surface area contributed by atoms with E-state index >= 15 is 0 Å². The third kappa shape index (κ3) is 3.18. The summed E-state index contributed by atoms with van der Waals surface area (Å²) in [6.45, 7) is 5.34. The van der Waals surface area contributed by atoms with Gasteiger partial charge in [0.1, 0.15) is 0 Å². The summed E-state index contributed by atoms with van der Waals surface area (Å²) in [5.41, 5.74) is 0.134. The van der Waals surface area contributed by atoms with Gasteiger partial charge in [-0.25, -0.2) is 4.79 Å². The van der Waals surface area contributed by atoms with Crippen molar-refractivity contribution in [2.75, 3.05) is 7.11 Å². The Balaban J connectivity index is 3.91. The molecule has 0 aliphatic carbocycles. The molecule has 64 valence electrons. The zero-order valence-electron chi connectivity index (χ0n) is 6.96. The average molecular weight is 158 g/mol. The van der Waals surface area contributed by atoms with Crippen LogP contribution in [0.5, 0.6) is 0 Å². The number of carbonyl (C=O) groups excluding carboxylic acids is 1. The molecule has 0 amide bonds. The molecule has 1 atom stereocenters. The first-order valence-corrected chi connectivity index (χ1v) is 3.58. The van der Waals surface area contributed by atoms with Crippen LogP contribution >= 0.6 is 0 Å². The lowest BCUT2D eigenvalue weighted by atomic mass is 10.1. The second kappa shape index (κ2) is 4.91. The minimum atomic E-state index is -0.757. The van der Waals surface area contributed by atoms with Crippen LogP contribution in [0.2, 0.25) is 0 Å². The van der Waals surface area contributed by atoms with Gasteiger partial charge >= 0.3 is 5.97 Å². The summed E-state index contributed by atoms with van der Waals surface area (Å²) in [6, 6.07) is 0. The van der Waals surface area contributed by atoms with Gasteiger partial charge in [0.05, 0.1) is 18.8 Å². The van der Waals surface area contributed by atoms with Gasteiger partial charge in [-0.2, -0.15) is 0 Å². The van der Waals surface area contributed by atoms with Gasteiger partial charge in [-0.3, -0.25) is 0 Å². The highest BCUT2D eigenvalue weighted by Crippen LogP contribution is 2.07. The van der Waals surface area contributed by atoms with E-state index in [1.807, 2.05) is 6.92 Å². The van der Waals surface area contributed by atoms with Gasteiger partial charge in [-0.15, -0.1) is 0 Å². The predicted molar refractivity (Wildman–Crippen MR) is 42.1 cm³/mol. The second-order valence-electron chi connectivity index (χ2n) is 2.32. The van der Waals surface area contributed by atoms with Crippen LogP contribution in [0.1, 0.15) is 19.8 Å². The van der Waals surface area contributed by atoms with Crippen molar-refractivity contribution in [3.63, 3.8) is 0 Å². The molecule has 0 spiro atoms. The van der Waals surface area contributed by atoms with Crippen molar-refractivity contribution >= 4 is 5.97 Å². The van der Waals surface area contributed by atoms with Crippen LogP contribution in [-0.4, -0.2) is 24.3 Å². The maximum Gasteiger partial charge on any atom is 0.335 e. The van der Waals surface area contributed by atoms with Gasteiger partial charge in [0.2, 0.25) is 0 Å². The number of aliphatic hydroxyl groups is 1. The van der Waals surface area contributed by atoms with Crippen molar-refractivity contribution in [2.45, 2.75) is 25.9 Å². The third-order valence-electron chi connectivity index (χ3n) is 1.41. The maximum absolute atomic E-state index is 10.7. The molecule has 0 saturated heterocycles. The topological polar surface area (TPSA) is 46.5 Å². The Morgan fingerprint density at radius 2 is 2.27 bits per heavy atom. The van der Waals surface area contributed by atoms with Gasteiger partial charge in [0.15, 0.2) is 0 Å². The number of hydrogen-bond donors (Lipinski definition) is 1. The fourth-order valence-electron chi connectivity index (χ4n) is 0.715. The van der Waals surface area contributed by atoms with Crippen LogP contribution in [0, 0.1) is 0 Å². The molecule has 0 aromatic heterocycles. The molecular weight excluding hydrogens is 144 g/mol. The molecule has 0 aromatic rings. The quantitative estimate of drug-likeness (QED) is 0.488. The monoisotopic (exact) mass is 158 g/mol. The number of methoxy groups -OCH3 is 1. The molecule has 0 radical (unpaired) electrons. The summed E-state index contributed by atoms with van der Waals surface area (Å²) in [5.74, 6) is -0.536. The minimum Gasteiger partial charge on any atom is -0.466 e. The number of esters is 1. The van der Waals surface area contributed by atoms with E-state index < -0.39 is 12.1 Å². The number of rotatable bonds is 4. The summed E-state index contributed by atoms with van der Waals surface area (Å²) in [5, 5.41) is 9.22. The Bertz CT molecular complexity index is 151. The Morgan fingerprint density at radius 3 is 2.64 bits per heavy atom. The zero-order valence-corrected chi connectivity index (χ0v) is 6.96. The van der Waals surface area contributed by atoms with Crippen LogP contribution in [0.4, 0.5) is 0 Å². The number of carbonyl (C=O) groups is 1. The van der Waals surface area contributed by atoms with Crippen molar-refractivity contribution in [3.8, 4) is 0 Å². The highest BCUT2D eigenvalue weighted by atomic mass is 16.5. The van der Waals surface area contributed by atoms with Gasteiger partial charge in [-0.05, 0) is 6.42 Å². The van der Waals surface area contributed by atoms with E-state index in [4.69, 9.17) is 0 Å². The minimum absolute atomic E-state index is 0.134. The standard InChI is InChI=1S/C8H14O3/c1-4-5-7(9)6(2)8(10)11-3/h7,9H,2,4-5H2,1,3H3. The average Bonchev–Trinajstić information content (AvgIpc) is 2.02. The van der Waals surface area contributed by atoms with Crippen LogP contribution < -0.4 is 0 Å². The van der Waals surface area contributed by atoms with Crippen LogP contribution in [-0.2, 0) is 9.53 Å². The molecule has 1 N–H and O–H groups in total. The highest BCUT2D eigenvalue weighted by Gasteiger charge is 2.15. The molecule has 0 fully saturated rings.